The van der Waals surface area contributed by atoms with Crippen LogP contribution in [0.1, 0.15) is 0 Å². The zero-order valence-electron chi connectivity index (χ0n) is 10.7. The summed E-state index contributed by atoms with van der Waals surface area (Å²) in [5.41, 5.74) is 0. The summed E-state index contributed by atoms with van der Waals surface area (Å²) in [6, 6.07) is -1.93. The lowest BCUT2D eigenvalue weighted by Gasteiger charge is -2.27. The van der Waals surface area contributed by atoms with E-state index in [1.54, 1.807) is 0 Å². The number of hydrogen-bond acceptors (Lipinski definition) is 8. The van der Waals surface area contributed by atoms with Gasteiger partial charge in [-0.1, -0.05) is 0 Å². The first kappa shape index (κ1) is 15.7. The number of hydrogen-bond donors (Lipinski definition) is 6. The molecule has 2 heterocycles. The molecule has 2 aliphatic rings. The highest BCUT2D eigenvalue weighted by Crippen LogP contribution is 2.24. The molecule has 2 aliphatic heterocycles. The summed E-state index contributed by atoms with van der Waals surface area (Å²) in [4.78, 5) is 26.0. The van der Waals surface area contributed by atoms with Gasteiger partial charge in [0.2, 0.25) is 0 Å². The fourth-order valence-corrected chi connectivity index (χ4v) is 2.17. The molecule has 2 rings (SSSR count). The van der Waals surface area contributed by atoms with Gasteiger partial charge in [0.05, 0.1) is 0 Å². The summed E-state index contributed by atoms with van der Waals surface area (Å²) in [5, 5.41) is 56.4. The van der Waals surface area contributed by atoms with E-state index < -0.39 is 57.1 Å². The Bertz CT molecular complexity index is 398. The molecule has 12 nitrogen and oxygen atoms in total. The first-order valence-corrected chi connectivity index (χ1v) is 5.93. The topological polar surface area (TPSA) is 168 Å². The van der Waals surface area contributed by atoms with Crippen molar-refractivity contribution < 1.29 is 40.2 Å². The summed E-state index contributed by atoms with van der Waals surface area (Å²) in [6.07, 6.45) is -6.86. The molecular formula is C9H16N4O8. The molecule has 2 fully saturated rings. The Morgan fingerprint density at radius 3 is 1.19 bits per heavy atom. The molecule has 0 spiro atoms. The van der Waals surface area contributed by atoms with E-state index in [-0.39, 0.29) is 0 Å². The zero-order valence-corrected chi connectivity index (χ0v) is 10.7. The maximum Gasteiger partial charge on any atom is 0.327 e. The quantitative estimate of drug-likeness (QED) is 0.302. The molecule has 21 heavy (non-hydrogen) atoms. The Hall–Kier alpha value is -1.70. The van der Waals surface area contributed by atoms with Gasteiger partial charge >= 0.3 is 12.1 Å². The first-order chi connectivity index (χ1) is 9.84. The molecule has 0 aliphatic carbocycles. The lowest BCUT2D eigenvalue weighted by Crippen LogP contribution is -2.48. The monoisotopic (exact) mass is 308 g/mol. The van der Waals surface area contributed by atoms with E-state index in [1.807, 2.05) is 0 Å². The van der Waals surface area contributed by atoms with Gasteiger partial charge in [0, 0.05) is 0 Å². The summed E-state index contributed by atoms with van der Waals surface area (Å²) < 4.78 is 0. The van der Waals surface area contributed by atoms with E-state index in [4.69, 9.17) is 10.2 Å². The number of carbonyl (C=O) groups excluding carboxylic acids is 2. The van der Waals surface area contributed by atoms with Crippen LogP contribution < -0.4 is 0 Å². The molecule has 6 N–H and O–H groups in total. The molecule has 0 aromatic rings. The fourth-order valence-electron chi connectivity index (χ4n) is 2.17. The van der Waals surface area contributed by atoms with Gasteiger partial charge in [-0.3, -0.25) is 19.6 Å². The summed E-state index contributed by atoms with van der Waals surface area (Å²) >= 11 is 0. The normalized spacial score (nSPS) is 33.6. The van der Waals surface area contributed by atoms with Gasteiger partial charge in [0.15, 0.2) is 24.9 Å². The predicted molar refractivity (Wildman–Crippen MR) is 61.2 cm³/mol. The third kappa shape index (κ3) is 2.27. The van der Waals surface area contributed by atoms with Crippen molar-refractivity contribution in [2.24, 2.45) is 0 Å². The van der Waals surface area contributed by atoms with E-state index in [1.165, 1.54) is 0 Å². The Morgan fingerprint density at radius 2 is 0.952 bits per heavy atom. The molecule has 2 saturated heterocycles. The van der Waals surface area contributed by atoms with Crippen LogP contribution in [0.15, 0.2) is 0 Å². The van der Waals surface area contributed by atoms with E-state index >= 15 is 0 Å². The van der Waals surface area contributed by atoms with Crippen LogP contribution in [0.2, 0.25) is 0 Å². The highest BCUT2D eigenvalue weighted by molar-refractivity contribution is 5.80. The number of amides is 4. The van der Waals surface area contributed by atoms with E-state index in [0.717, 1.165) is 0 Å². The van der Waals surface area contributed by atoms with Crippen molar-refractivity contribution in [2.75, 3.05) is 20.1 Å². The lowest BCUT2D eigenvalue weighted by atomic mass is 10.4. The predicted octanol–water partition coefficient (Wildman–Crippen LogP) is -4.41. The van der Waals surface area contributed by atoms with Gasteiger partial charge in [-0.25, -0.2) is 9.59 Å². The second-order valence-corrected chi connectivity index (χ2v) is 4.52. The minimum Gasteiger partial charge on any atom is -0.376 e. The minimum absolute atomic E-state index is 0.540. The molecule has 4 unspecified atom stereocenters. The van der Waals surface area contributed by atoms with Crippen molar-refractivity contribution in [3.05, 3.63) is 0 Å². The van der Waals surface area contributed by atoms with Crippen LogP contribution in [-0.2, 0) is 0 Å². The van der Waals surface area contributed by atoms with Gasteiger partial charge in [-0.15, -0.1) is 0 Å². The third-order valence-electron chi connectivity index (χ3n) is 3.40. The number of nitrogens with zero attached hydrogens (tertiary/aromatic N) is 4. The van der Waals surface area contributed by atoms with Crippen molar-refractivity contribution in [1.29, 1.82) is 0 Å². The van der Waals surface area contributed by atoms with E-state index in [0.29, 0.717) is 19.6 Å². The number of urea groups is 2. The van der Waals surface area contributed by atoms with Crippen molar-refractivity contribution in [3.63, 3.8) is 0 Å². The molecular weight excluding hydrogens is 292 g/mol. The second-order valence-electron chi connectivity index (χ2n) is 4.52. The highest BCUT2D eigenvalue weighted by Gasteiger charge is 2.49. The molecule has 12 heteroatoms. The Balaban J connectivity index is 2.15. The Labute approximate surface area is 118 Å². The molecule has 0 aromatic heterocycles. The second kappa shape index (κ2) is 5.59. The largest absolute Gasteiger partial charge is 0.376 e. The number of rotatable bonds is 4. The number of carbonyl (C=O) groups is 2. The van der Waals surface area contributed by atoms with Crippen molar-refractivity contribution in [1.82, 2.24) is 19.6 Å². The van der Waals surface area contributed by atoms with Gasteiger partial charge in [0.1, 0.15) is 20.1 Å². The van der Waals surface area contributed by atoms with Crippen molar-refractivity contribution in [2.45, 2.75) is 24.9 Å². The molecule has 0 bridgehead atoms. The fraction of sp³-hybridized carbons (Fsp3) is 0.778. The van der Waals surface area contributed by atoms with Crippen LogP contribution in [0.4, 0.5) is 9.59 Å². The van der Waals surface area contributed by atoms with Gasteiger partial charge in [-0.2, -0.15) is 0 Å². The Morgan fingerprint density at radius 1 is 0.667 bits per heavy atom. The molecule has 4 atom stereocenters. The smallest absolute Gasteiger partial charge is 0.327 e. The maximum atomic E-state index is 11.8. The minimum atomic E-state index is -1.73. The SMILES string of the molecule is O=C1N(CO)C(O)C(O)N1CN1C(=O)N(CO)C(O)C1O. The van der Waals surface area contributed by atoms with Gasteiger partial charge < -0.3 is 30.6 Å². The Kier molecular flexibility index (Phi) is 4.18. The van der Waals surface area contributed by atoms with E-state index in [9.17, 15) is 30.0 Å². The van der Waals surface area contributed by atoms with Crippen molar-refractivity contribution in [3.8, 4) is 0 Å². The molecule has 120 valence electrons. The summed E-state index contributed by atoms with van der Waals surface area (Å²) in [6.45, 7) is -2.36. The van der Waals surface area contributed by atoms with Crippen LogP contribution in [0.25, 0.3) is 0 Å². The lowest BCUT2D eigenvalue weighted by molar-refractivity contribution is -0.107. The van der Waals surface area contributed by atoms with Crippen molar-refractivity contribution >= 4 is 12.1 Å². The number of aliphatic hydroxyl groups excluding tert-OH is 6. The van der Waals surface area contributed by atoms with Crippen LogP contribution in [0, 0.1) is 0 Å². The standard InChI is InChI=1S/C9H16N4O8/c14-2-12-6(18)4(16)10(8(12)20)1-11-5(17)7(19)13(3-15)9(11)21/h4-7,14-19H,1-3H2. The highest BCUT2D eigenvalue weighted by atomic mass is 16.4. The van der Waals surface area contributed by atoms with E-state index in [2.05, 4.69) is 0 Å². The molecule has 4 amide bonds. The van der Waals surface area contributed by atoms with Crippen LogP contribution in [0.3, 0.4) is 0 Å². The van der Waals surface area contributed by atoms with Crippen LogP contribution >= 0.6 is 0 Å². The first-order valence-electron chi connectivity index (χ1n) is 5.93. The average molecular weight is 308 g/mol. The third-order valence-corrected chi connectivity index (χ3v) is 3.40. The zero-order chi connectivity index (χ0) is 15.9. The van der Waals surface area contributed by atoms with Crippen LogP contribution in [0.5, 0.6) is 0 Å². The summed E-state index contributed by atoms with van der Waals surface area (Å²) in [5.74, 6) is 0. The van der Waals surface area contributed by atoms with Gasteiger partial charge in [-0.05, 0) is 0 Å². The molecule has 0 saturated carbocycles. The molecule has 0 radical (unpaired) electrons. The number of aliphatic hydroxyl groups is 6. The van der Waals surface area contributed by atoms with Gasteiger partial charge in [0.25, 0.3) is 0 Å². The molecule has 0 aromatic carbocycles. The maximum absolute atomic E-state index is 11.8. The average Bonchev–Trinajstić information content (AvgIpc) is 2.78. The van der Waals surface area contributed by atoms with Crippen LogP contribution in [-0.4, -0.2) is 107 Å². The summed E-state index contributed by atoms with van der Waals surface area (Å²) in [7, 11) is 0.